The number of carbonyl (C=O) groups is 1. The fourth-order valence-electron chi connectivity index (χ4n) is 2.00. The number of hydrogen-bond acceptors (Lipinski definition) is 4. The number of aromatic nitrogens is 1. The molecule has 6 heteroatoms. The molecule has 1 aromatic heterocycles. The van der Waals surface area contributed by atoms with Crippen LogP contribution in [0.3, 0.4) is 0 Å². The maximum absolute atomic E-state index is 12.8. The summed E-state index contributed by atoms with van der Waals surface area (Å²) in [6, 6.07) is 11.6. The van der Waals surface area contributed by atoms with Gasteiger partial charge in [0.1, 0.15) is 5.82 Å². The van der Waals surface area contributed by atoms with Gasteiger partial charge in [-0.3, -0.25) is 4.79 Å². The molecule has 0 fully saturated rings. The van der Waals surface area contributed by atoms with Gasteiger partial charge in [-0.2, -0.15) is 0 Å². The summed E-state index contributed by atoms with van der Waals surface area (Å²) in [5, 5.41) is 2.82. The Hall–Kier alpha value is -2.18. The van der Waals surface area contributed by atoms with Gasteiger partial charge in [-0.1, -0.05) is 23.9 Å². The maximum Gasteiger partial charge on any atom is 0.248 e. The number of amides is 1. The highest BCUT2D eigenvalue weighted by Crippen LogP contribution is 2.29. The van der Waals surface area contributed by atoms with Gasteiger partial charge >= 0.3 is 0 Å². The Balaban J connectivity index is 1.70. The van der Waals surface area contributed by atoms with Crippen LogP contribution < -0.4 is 5.32 Å². The summed E-state index contributed by atoms with van der Waals surface area (Å²) >= 11 is 3.20. The molecule has 23 heavy (non-hydrogen) atoms. The van der Waals surface area contributed by atoms with Gasteiger partial charge in [0.25, 0.3) is 0 Å². The van der Waals surface area contributed by atoms with Crippen molar-refractivity contribution < 1.29 is 9.18 Å². The molecule has 3 aromatic rings. The molecule has 0 radical (unpaired) electrons. The van der Waals surface area contributed by atoms with Crippen LogP contribution in [-0.4, -0.2) is 17.1 Å². The third-order valence-corrected chi connectivity index (χ3v) is 5.11. The lowest BCUT2D eigenvalue weighted by atomic mass is 10.2. The summed E-state index contributed by atoms with van der Waals surface area (Å²) in [5.41, 5.74) is 2.42. The van der Waals surface area contributed by atoms with Crippen LogP contribution in [0, 0.1) is 5.82 Å². The lowest BCUT2D eigenvalue weighted by Gasteiger charge is -2.01. The second-order valence-electron chi connectivity index (χ2n) is 4.74. The summed E-state index contributed by atoms with van der Waals surface area (Å²) < 4.78 is 14.9. The zero-order valence-corrected chi connectivity index (χ0v) is 13.9. The van der Waals surface area contributed by atoms with Crippen LogP contribution in [0.25, 0.3) is 16.3 Å². The van der Waals surface area contributed by atoms with Crippen molar-refractivity contribution in [2.45, 2.75) is 4.34 Å². The first-order valence-corrected chi connectivity index (χ1v) is 8.87. The van der Waals surface area contributed by atoms with E-state index in [9.17, 15) is 9.18 Å². The number of thioether (sulfide) groups is 1. The molecule has 0 bridgehead atoms. The molecule has 0 saturated carbocycles. The third kappa shape index (κ3) is 3.97. The number of halogens is 1. The number of rotatable bonds is 4. The molecule has 2 aromatic carbocycles. The van der Waals surface area contributed by atoms with E-state index in [1.807, 2.05) is 24.5 Å². The van der Waals surface area contributed by atoms with Crippen molar-refractivity contribution in [1.82, 2.24) is 4.98 Å². The highest BCUT2D eigenvalue weighted by Gasteiger charge is 2.05. The number of fused-ring (bicyclic) bond motifs is 1. The minimum atomic E-state index is -0.297. The van der Waals surface area contributed by atoms with E-state index in [4.69, 9.17) is 0 Å². The van der Waals surface area contributed by atoms with Crippen molar-refractivity contribution in [2.75, 3.05) is 11.6 Å². The Kier molecular flexibility index (Phi) is 4.73. The molecule has 1 heterocycles. The first-order chi connectivity index (χ1) is 11.1. The standard InChI is InChI=1S/C17H13FN2OS2/c1-22-17-20-14-8-7-13(10-15(14)23-17)19-16(21)9-4-11-2-5-12(18)6-3-11/h2-10H,1H3,(H,19,21)/b9-4+. The predicted octanol–water partition coefficient (Wildman–Crippen LogP) is 4.81. The number of carbonyl (C=O) groups excluding carboxylic acids is 1. The van der Waals surface area contributed by atoms with Crippen molar-refractivity contribution in [1.29, 1.82) is 0 Å². The Morgan fingerprint density at radius 1 is 1.26 bits per heavy atom. The third-order valence-electron chi connectivity index (χ3n) is 3.11. The van der Waals surface area contributed by atoms with E-state index < -0.39 is 0 Å². The lowest BCUT2D eigenvalue weighted by Crippen LogP contribution is -2.07. The van der Waals surface area contributed by atoms with E-state index in [0.29, 0.717) is 0 Å². The first-order valence-electron chi connectivity index (χ1n) is 6.83. The fraction of sp³-hybridized carbons (Fsp3) is 0.0588. The lowest BCUT2D eigenvalue weighted by molar-refractivity contribution is -0.111. The van der Waals surface area contributed by atoms with E-state index in [1.54, 1.807) is 41.3 Å². The zero-order chi connectivity index (χ0) is 16.2. The molecule has 0 atom stereocenters. The number of thiazole rings is 1. The Bertz CT molecular complexity index is 872. The normalized spacial score (nSPS) is 11.2. The van der Waals surface area contributed by atoms with Crippen LogP contribution in [0.5, 0.6) is 0 Å². The highest BCUT2D eigenvalue weighted by molar-refractivity contribution is 8.00. The van der Waals surface area contributed by atoms with Gasteiger partial charge in [0, 0.05) is 11.8 Å². The summed E-state index contributed by atoms with van der Waals surface area (Å²) in [7, 11) is 0. The van der Waals surface area contributed by atoms with Gasteiger partial charge in [0.15, 0.2) is 4.34 Å². The van der Waals surface area contributed by atoms with Gasteiger partial charge in [-0.05, 0) is 48.2 Å². The Morgan fingerprint density at radius 2 is 2.04 bits per heavy atom. The summed E-state index contributed by atoms with van der Waals surface area (Å²) in [5.74, 6) is -0.530. The topological polar surface area (TPSA) is 42.0 Å². The highest BCUT2D eigenvalue weighted by atomic mass is 32.2. The van der Waals surface area contributed by atoms with Crippen LogP contribution in [0.1, 0.15) is 5.56 Å². The van der Waals surface area contributed by atoms with Gasteiger partial charge in [0.2, 0.25) is 5.91 Å². The second kappa shape index (κ2) is 6.93. The van der Waals surface area contributed by atoms with E-state index in [0.717, 1.165) is 25.8 Å². The number of hydrogen-bond donors (Lipinski definition) is 1. The van der Waals surface area contributed by atoms with Crippen molar-refractivity contribution in [3.8, 4) is 0 Å². The molecule has 116 valence electrons. The van der Waals surface area contributed by atoms with Crippen LogP contribution in [0.4, 0.5) is 10.1 Å². The quantitative estimate of drug-likeness (QED) is 0.545. The molecular formula is C17H13FN2OS2. The molecule has 0 unspecified atom stereocenters. The van der Waals surface area contributed by atoms with Crippen LogP contribution in [0.2, 0.25) is 0 Å². The van der Waals surface area contributed by atoms with Crippen molar-refractivity contribution in [3.05, 3.63) is 59.9 Å². The van der Waals surface area contributed by atoms with Crippen LogP contribution in [0.15, 0.2) is 52.9 Å². The van der Waals surface area contributed by atoms with E-state index in [-0.39, 0.29) is 11.7 Å². The minimum Gasteiger partial charge on any atom is -0.322 e. The summed E-state index contributed by atoms with van der Waals surface area (Å²) in [6.07, 6.45) is 5.06. The maximum atomic E-state index is 12.8. The van der Waals surface area contributed by atoms with Gasteiger partial charge in [-0.15, -0.1) is 11.3 Å². The van der Waals surface area contributed by atoms with Crippen molar-refractivity contribution >= 4 is 51.0 Å². The van der Waals surface area contributed by atoms with E-state index >= 15 is 0 Å². The molecule has 1 N–H and O–H groups in total. The molecule has 0 spiro atoms. The number of nitrogens with zero attached hydrogens (tertiary/aromatic N) is 1. The number of benzene rings is 2. The predicted molar refractivity (Wildman–Crippen MR) is 95.5 cm³/mol. The van der Waals surface area contributed by atoms with Crippen LogP contribution >= 0.6 is 23.1 Å². The monoisotopic (exact) mass is 344 g/mol. The van der Waals surface area contributed by atoms with Crippen molar-refractivity contribution in [2.24, 2.45) is 0 Å². The first kappa shape index (κ1) is 15.7. The van der Waals surface area contributed by atoms with Gasteiger partial charge < -0.3 is 5.32 Å². The molecule has 3 rings (SSSR count). The molecule has 3 nitrogen and oxygen atoms in total. The van der Waals surface area contributed by atoms with Crippen LogP contribution in [-0.2, 0) is 4.79 Å². The molecular weight excluding hydrogens is 331 g/mol. The van der Waals surface area contributed by atoms with Crippen molar-refractivity contribution in [3.63, 3.8) is 0 Å². The Morgan fingerprint density at radius 3 is 2.78 bits per heavy atom. The summed E-state index contributed by atoms with van der Waals surface area (Å²) in [6.45, 7) is 0. The van der Waals surface area contributed by atoms with E-state index in [1.165, 1.54) is 18.2 Å². The zero-order valence-electron chi connectivity index (χ0n) is 12.2. The fourth-order valence-corrected chi connectivity index (χ4v) is 3.53. The molecule has 0 saturated heterocycles. The smallest absolute Gasteiger partial charge is 0.248 e. The SMILES string of the molecule is CSc1nc2ccc(NC(=O)/C=C/c3ccc(F)cc3)cc2s1. The molecule has 1 amide bonds. The minimum absolute atomic E-state index is 0.233. The van der Waals surface area contributed by atoms with E-state index in [2.05, 4.69) is 10.3 Å². The molecule has 0 aliphatic carbocycles. The molecule has 0 aliphatic rings. The molecule has 0 aliphatic heterocycles. The Labute approximate surface area is 141 Å². The number of anilines is 1. The largest absolute Gasteiger partial charge is 0.322 e. The average molecular weight is 344 g/mol. The second-order valence-corrected chi connectivity index (χ2v) is 6.82. The number of nitrogens with one attached hydrogen (secondary N) is 1. The van der Waals surface area contributed by atoms with Gasteiger partial charge in [-0.25, -0.2) is 9.37 Å². The van der Waals surface area contributed by atoms with Gasteiger partial charge in [0.05, 0.1) is 10.2 Å². The summed E-state index contributed by atoms with van der Waals surface area (Å²) in [4.78, 5) is 16.4. The average Bonchev–Trinajstić information content (AvgIpc) is 2.97.